The first-order valence-corrected chi connectivity index (χ1v) is 3.33. The van der Waals surface area contributed by atoms with Gasteiger partial charge in [0.05, 0.1) is 0 Å². The molecule has 0 aromatic heterocycles. The quantitative estimate of drug-likeness (QED) is 0.533. The number of hydrogen-bond acceptors (Lipinski definition) is 2. The van der Waals surface area contributed by atoms with E-state index in [1.807, 2.05) is 0 Å². The summed E-state index contributed by atoms with van der Waals surface area (Å²) in [5.74, 6) is 0. The van der Waals surface area contributed by atoms with Crippen molar-refractivity contribution in [1.29, 1.82) is 0 Å². The van der Waals surface area contributed by atoms with Crippen LogP contribution in [-0.2, 0) is 0 Å². The van der Waals surface area contributed by atoms with Crippen molar-refractivity contribution in [3.05, 3.63) is 0 Å². The Morgan fingerprint density at radius 2 is 2.38 bits per heavy atom. The van der Waals surface area contributed by atoms with Crippen LogP contribution in [-0.4, -0.2) is 18.6 Å². The Balaban J connectivity index is 2.08. The lowest BCUT2D eigenvalue weighted by atomic mass is 9.87. The molecule has 1 aliphatic rings. The summed E-state index contributed by atoms with van der Waals surface area (Å²) in [6.07, 6.45) is 2.48. The fraction of sp³-hybridized carbons (Fsp3) is 1.00. The minimum Gasteiger partial charge on any atom is -0.326 e. The summed E-state index contributed by atoms with van der Waals surface area (Å²) in [7, 11) is 0. The molecule has 0 heterocycles. The molecule has 48 valence electrons. The van der Waals surface area contributed by atoms with Crippen LogP contribution >= 0.6 is 0 Å². The van der Waals surface area contributed by atoms with Crippen LogP contribution in [0.3, 0.4) is 0 Å². The second kappa shape index (κ2) is 2.46. The van der Waals surface area contributed by atoms with Crippen molar-refractivity contribution in [1.82, 2.24) is 5.32 Å². The molecule has 0 aliphatic heterocycles. The van der Waals surface area contributed by atoms with E-state index in [1.165, 1.54) is 12.8 Å². The van der Waals surface area contributed by atoms with Gasteiger partial charge in [0.2, 0.25) is 0 Å². The average molecular weight is 114 g/mol. The first-order chi connectivity index (χ1) is 3.84. The highest BCUT2D eigenvalue weighted by molar-refractivity contribution is 4.89. The smallest absolute Gasteiger partial charge is 0.0219 e. The van der Waals surface area contributed by atoms with E-state index in [2.05, 4.69) is 12.2 Å². The summed E-state index contributed by atoms with van der Waals surface area (Å²) in [6.45, 7) is 3.17. The molecule has 0 amide bonds. The number of nitrogens with two attached hydrogens (primary N) is 1. The average Bonchev–Trinajstić information content (AvgIpc) is 1.79. The molecule has 0 radical (unpaired) electrons. The third-order valence-electron chi connectivity index (χ3n) is 1.79. The molecule has 1 rings (SSSR count). The zero-order chi connectivity index (χ0) is 5.98. The van der Waals surface area contributed by atoms with E-state index in [-0.39, 0.29) is 0 Å². The molecule has 1 aliphatic carbocycles. The van der Waals surface area contributed by atoms with Crippen molar-refractivity contribution in [2.75, 3.05) is 6.54 Å². The van der Waals surface area contributed by atoms with Crippen molar-refractivity contribution in [2.24, 2.45) is 5.73 Å². The topological polar surface area (TPSA) is 38.0 Å². The molecule has 0 aromatic carbocycles. The SMILES string of the molecule is CCN[C@H]1CC[C@@H]1N. The molecule has 2 nitrogen and oxygen atoms in total. The fourth-order valence-corrected chi connectivity index (χ4v) is 1.04. The van der Waals surface area contributed by atoms with Gasteiger partial charge in [-0.1, -0.05) is 6.92 Å². The van der Waals surface area contributed by atoms with E-state index >= 15 is 0 Å². The first-order valence-electron chi connectivity index (χ1n) is 3.33. The summed E-state index contributed by atoms with van der Waals surface area (Å²) in [6, 6.07) is 1.06. The van der Waals surface area contributed by atoms with Gasteiger partial charge in [-0.2, -0.15) is 0 Å². The molecule has 2 atom stereocenters. The Morgan fingerprint density at radius 1 is 1.62 bits per heavy atom. The molecular weight excluding hydrogens is 100 g/mol. The maximum atomic E-state index is 5.65. The molecule has 1 fully saturated rings. The van der Waals surface area contributed by atoms with E-state index in [9.17, 15) is 0 Å². The first kappa shape index (κ1) is 6.05. The molecule has 8 heavy (non-hydrogen) atoms. The van der Waals surface area contributed by atoms with Crippen LogP contribution in [0.1, 0.15) is 19.8 Å². The Labute approximate surface area is 50.4 Å². The van der Waals surface area contributed by atoms with Gasteiger partial charge in [0, 0.05) is 12.1 Å². The minimum atomic E-state index is 0.440. The third-order valence-corrected chi connectivity index (χ3v) is 1.79. The number of nitrogens with one attached hydrogen (secondary N) is 1. The normalized spacial score (nSPS) is 36.8. The van der Waals surface area contributed by atoms with Gasteiger partial charge in [0.1, 0.15) is 0 Å². The van der Waals surface area contributed by atoms with Gasteiger partial charge in [-0.3, -0.25) is 0 Å². The maximum absolute atomic E-state index is 5.65. The van der Waals surface area contributed by atoms with Crippen molar-refractivity contribution in [3.63, 3.8) is 0 Å². The van der Waals surface area contributed by atoms with Gasteiger partial charge in [-0.25, -0.2) is 0 Å². The monoisotopic (exact) mass is 114 g/mol. The van der Waals surface area contributed by atoms with E-state index < -0.39 is 0 Å². The van der Waals surface area contributed by atoms with Gasteiger partial charge in [0.15, 0.2) is 0 Å². The summed E-state index contributed by atoms with van der Waals surface area (Å²) in [5, 5.41) is 3.31. The molecule has 0 unspecified atom stereocenters. The van der Waals surface area contributed by atoms with Crippen molar-refractivity contribution in [2.45, 2.75) is 31.8 Å². The highest BCUT2D eigenvalue weighted by Crippen LogP contribution is 2.16. The predicted octanol–water partition coefficient (Wildman–Crippen LogP) is 0.0856. The Morgan fingerprint density at radius 3 is 2.50 bits per heavy atom. The van der Waals surface area contributed by atoms with Crippen molar-refractivity contribution < 1.29 is 0 Å². The van der Waals surface area contributed by atoms with Gasteiger partial charge in [0.25, 0.3) is 0 Å². The fourth-order valence-electron chi connectivity index (χ4n) is 1.04. The molecule has 1 saturated carbocycles. The van der Waals surface area contributed by atoms with Gasteiger partial charge < -0.3 is 11.1 Å². The lowest BCUT2D eigenvalue weighted by Gasteiger charge is -2.33. The highest BCUT2D eigenvalue weighted by Gasteiger charge is 2.25. The number of rotatable bonds is 2. The van der Waals surface area contributed by atoms with Crippen LogP contribution in [0.2, 0.25) is 0 Å². The van der Waals surface area contributed by atoms with Crippen molar-refractivity contribution >= 4 is 0 Å². The van der Waals surface area contributed by atoms with Crippen LogP contribution < -0.4 is 11.1 Å². The standard InChI is InChI=1S/C6H14N2/c1-2-8-6-4-3-5(6)7/h5-6,8H,2-4,7H2,1H3/t5-,6-/m0/s1. The third kappa shape index (κ3) is 1.01. The zero-order valence-electron chi connectivity index (χ0n) is 5.35. The summed E-state index contributed by atoms with van der Waals surface area (Å²) in [5.41, 5.74) is 5.65. The summed E-state index contributed by atoms with van der Waals surface area (Å²) >= 11 is 0. The van der Waals surface area contributed by atoms with Crippen LogP contribution in [0.4, 0.5) is 0 Å². The van der Waals surface area contributed by atoms with E-state index in [0.717, 1.165) is 6.54 Å². The largest absolute Gasteiger partial charge is 0.326 e. The molecular formula is C6H14N2. The van der Waals surface area contributed by atoms with Gasteiger partial charge in [-0.15, -0.1) is 0 Å². The molecule has 2 heteroatoms. The van der Waals surface area contributed by atoms with E-state index in [0.29, 0.717) is 12.1 Å². The molecule has 3 N–H and O–H groups in total. The molecule has 0 spiro atoms. The summed E-state index contributed by atoms with van der Waals surface area (Å²) < 4.78 is 0. The van der Waals surface area contributed by atoms with E-state index in [1.54, 1.807) is 0 Å². The number of likely N-dealkylation sites (N-methyl/N-ethyl adjacent to an activating group) is 1. The Kier molecular flexibility index (Phi) is 1.86. The minimum absolute atomic E-state index is 0.440. The molecule has 0 aromatic rings. The van der Waals surface area contributed by atoms with Gasteiger partial charge in [-0.05, 0) is 19.4 Å². The lowest BCUT2D eigenvalue weighted by molar-refractivity contribution is 0.290. The Hall–Kier alpha value is -0.0800. The van der Waals surface area contributed by atoms with Crippen LogP contribution in [0.25, 0.3) is 0 Å². The van der Waals surface area contributed by atoms with Crippen LogP contribution in [0.5, 0.6) is 0 Å². The second-order valence-electron chi connectivity index (χ2n) is 2.41. The van der Waals surface area contributed by atoms with E-state index in [4.69, 9.17) is 5.73 Å². The molecule has 0 saturated heterocycles. The summed E-state index contributed by atoms with van der Waals surface area (Å²) in [4.78, 5) is 0. The zero-order valence-corrected chi connectivity index (χ0v) is 5.35. The lowest BCUT2D eigenvalue weighted by Crippen LogP contribution is -2.52. The second-order valence-corrected chi connectivity index (χ2v) is 2.41. The predicted molar refractivity (Wildman–Crippen MR) is 34.7 cm³/mol. The Bertz CT molecular complexity index is 72.9. The van der Waals surface area contributed by atoms with Crippen LogP contribution in [0.15, 0.2) is 0 Å². The highest BCUT2D eigenvalue weighted by atomic mass is 15.0. The molecule has 0 bridgehead atoms. The van der Waals surface area contributed by atoms with Crippen molar-refractivity contribution in [3.8, 4) is 0 Å². The van der Waals surface area contributed by atoms with Crippen LogP contribution in [0, 0.1) is 0 Å². The number of hydrogen-bond donors (Lipinski definition) is 2. The van der Waals surface area contributed by atoms with Gasteiger partial charge >= 0.3 is 0 Å². The maximum Gasteiger partial charge on any atom is 0.0219 e.